The Morgan fingerprint density at radius 3 is 2.85 bits per heavy atom. The van der Waals surface area contributed by atoms with Crippen LogP contribution in [-0.4, -0.2) is 27.6 Å². The standard InChI is InChI=1S/C20H21ClN2O3/c1-14-16(11-12-19(25)26-18-10-6-5-9-17(18)24)20(21)23(22-14)13-15-7-3-2-4-8-15/h2-4,7-8,11-12,18H,5-6,9-10,13H2,1H3/b12-11+/t18-/m0/s1. The highest BCUT2D eigenvalue weighted by Crippen LogP contribution is 2.23. The lowest BCUT2D eigenvalue weighted by atomic mass is 9.96. The van der Waals surface area contributed by atoms with Crippen LogP contribution in [0.4, 0.5) is 0 Å². The summed E-state index contributed by atoms with van der Waals surface area (Å²) in [6.07, 6.45) is 5.17. The predicted molar refractivity (Wildman–Crippen MR) is 99.9 cm³/mol. The van der Waals surface area contributed by atoms with Gasteiger partial charge in [0.2, 0.25) is 0 Å². The number of hydrogen-bond donors (Lipinski definition) is 0. The minimum Gasteiger partial charge on any atom is -0.451 e. The highest BCUT2D eigenvalue weighted by molar-refractivity contribution is 6.31. The highest BCUT2D eigenvalue weighted by atomic mass is 35.5. The van der Waals surface area contributed by atoms with Gasteiger partial charge in [0.25, 0.3) is 0 Å². The molecule has 0 saturated heterocycles. The summed E-state index contributed by atoms with van der Waals surface area (Å²) < 4.78 is 6.96. The van der Waals surface area contributed by atoms with Crippen LogP contribution < -0.4 is 0 Å². The highest BCUT2D eigenvalue weighted by Gasteiger charge is 2.25. The van der Waals surface area contributed by atoms with Crippen LogP contribution in [0, 0.1) is 6.92 Å². The Balaban J connectivity index is 1.68. The van der Waals surface area contributed by atoms with Crippen molar-refractivity contribution in [3.8, 4) is 0 Å². The molecule has 6 heteroatoms. The van der Waals surface area contributed by atoms with Crippen LogP contribution in [-0.2, 0) is 20.9 Å². The second kappa shape index (κ2) is 8.32. The third-order valence-electron chi connectivity index (χ3n) is 4.43. The Hall–Kier alpha value is -2.40. The molecule has 0 aliphatic heterocycles. The number of ether oxygens (including phenoxy) is 1. The quantitative estimate of drug-likeness (QED) is 0.588. The Labute approximate surface area is 157 Å². The predicted octanol–water partition coefficient (Wildman–Crippen LogP) is 3.96. The molecule has 1 atom stereocenters. The molecule has 1 heterocycles. The SMILES string of the molecule is Cc1nn(Cc2ccccc2)c(Cl)c1/C=C/C(=O)O[C@H]1CCCCC1=O. The van der Waals surface area contributed by atoms with E-state index in [4.69, 9.17) is 16.3 Å². The smallest absolute Gasteiger partial charge is 0.331 e. The summed E-state index contributed by atoms with van der Waals surface area (Å²) in [4.78, 5) is 23.8. The molecule has 26 heavy (non-hydrogen) atoms. The van der Waals surface area contributed by atoms with Crippen LogP contribution in [0.25, 0.3) is 6.08 Å². The Morgan fingerprint density at radius 1 is 1.35 bits per heavy atom. The molecule has 1 fully saturated rings. The molecule has 0 bridgehead atoms. The lowest BCUT2D eigenvalue weighted by Crippen LogP contribution is -2.29. The lowest BCUT2D eigenvalue weighted by Gasteiger charge is -2.19. The van der Waals surface area contributed by atoms with Crippen LogP contribution in [0.3, 0.4) is 0 Å². The van der Waals surface area contributed by atoms with Crippen molar-refractivity contribution in [3.63, 3.8) is 0 Å². The zero-order valence-corrected chi connectivity index (χ0v) is 15.4. The van der Waals surface area contributed by atoms with Crippen LogP contribution in [0.5, 0.6) is 0 Å². The summed E-state index contributed by atoms with van der Waals surface area (Å²) in [6, 6.07) is 9.88. The number of carbonyl (C=O) groups excluding carboxylic acids is 2. The fraction of sp³-hybridized carbons (Fsp3) is 0.350. The van der Waals surface area contributed by atoms with E-state index in [0.717, 1.165) is 24.1 Å². The van der Waals surface area contributed by atoms with Crippen LogP contribution in [0.15, 0.2) is 36.4 Å². The van der Waals surface area contributed by atoms with Crippen molar-refractivity contribution in [1.82, 2.24) is 9.78 Å². The van der Waals surface area contributed by atoms with Gasteiger partial charge in [-0.05, 0) is 37.8 Å². The maximum Gasteiger partial charge on any atom is 0.331 e. The Morgan fingerprint density at radius 2 is 2.12 bits per heavy atom. The summed E-state index contributed by atoms with van der Waals surface area (Å²) in [5.74, 6) is -0.528. The maximum absolute atomic E-state index is 12.0. The third kappa shape index (κ3) is 4.41. The van der Waals surface area contributed by atoms with E-state index in [0.29, 0.717) is 30.1 Å². The first kappa shape index (κ1) is 18.4. The molecule has 1 saturated carbocycles. The number of hydrogen-bond acceptors (Lipinski definition) is 4. The number of aromatic nitrogens is 2. The summed E-state index contributed by atoms with van der Waals surface area (Å²) in [6.45, 7) is 2.39. The molecule has 0 spiro atoms. The van der Waals surface area contributed by atoms with E-state index in [-0.39, 0.29) is 5.78 Å². The minimum absolute atomic E-state index is 0.00268. The van der Waals surface area contributed by atoms with Gasteiger partial charge in [-0.15, -0.1) is 0 Å². The molecule has 1 aromatic carbocycles. The van der Waals surface area contributed by atoms with E-state index in [1.807, 2.05) is 37.3 Å². The number of halogens is 1. The summed E-state index contributed by atoms with van der Waals surface area (Å²) in [5, 5.41) is 4.90. The summed E-state index contributed by atoms with van der Waals surface area (Å²) in [7, 11) is 0. The van der Waals surface area contributed by atoms with Crippen molar-refractivity contribution in [2.75, 3.05) is 0 Å². The number of nitrogens with zero attached hydrogens (tertiary/aromatic N) is 2. The first-order valence-corrected chi connectivity index (χ1v) is 9.10. The monoisotopic (exact) mass is 372 g/mol. The number of aryl methyl sites for hydroxylation is 1. The average Bonchev–Trinajstić information content (AvgIpc) is 2.89. The average molecular weight is 373 g/mol. The van der Waals surface area contributed by atoms with Crippen molar-refractivity contribution in [2.24, 2.45) is 0 Å². The summed E-state index contributed by atoms with van der Waals surface area (Å²) >= 11 is 6.42. The van der Waals surface area contributed by atoms with Crippen molar-refractivity contribution in [2.45, 2.75) is 45.3 Å². The first-order chi connectivity index (χ1) is 12.5. The molecule has 5 nitrogen and oxygen atoms in total. The molecular weight excluding hydrogens is 352 g/mol. The van der Waals surface area contributed by atoms with E-state index in [1.54, 1.807) is 10.8 Å². The van der Waals surface area contributed by atoms with Gasteiger partial charge in [-0.3, -0.25) is 4.79 Å². The van der Waals surface area contributed by atoms with E-state index in [9.17, 15) is 9.59 Å². The largest absolute Gasteiger partial charge is 0.451 e. The van der Waals surface area contributed by atoms with Gasteiger partial charge < -0.3 is 4.74 Å². The molecule has 1 aliphatic carbocycles. The Bertz CT molecular complexity index is 827. The lowest BCUT2D eigenvalue weighted by molar-refractivity contribution is -0.152. The van der Waals surface area contributed by atoms with Crippen LogP contribution in [0.1, 0.15) is 42.5 Å². The van der Waals surface area contributed by atoms with Crippen LogP contribution >= 0.6 is 11.6 Å². The first-order valence-electron chi connectivity index (χ1n) is 8.73. The van der Waals surface area contributed by atoms with Gasteiger partial charge in [-0.25, -0.2) is 9.48 Å². The molecule has 0 unspecified atom stereocenters. The molecular formula is C20H21ClN2O3. The summed E-state index contributed by atoms with van der Waals surface area (Å²) in [5.41, 5.74) is 2.49. The van der Waals surface area contributed by atoms with Crippen molar-refractivity contribution < 1.29 is 14.3 Å². The zero-order chi connectivity index (χ0) is 18.5. The fourth-order valence-electron chi connectivity index (χ4n) is 3.02. The number of ketones is 1. The van der Waals surface area contributed by atoms with Gasteiger partial charge in [0.15, 0.2) is 11.9 Å². The molecule has 0 amide bonds. The molecule has 1 aromatic heterocycles. The van der Waals surface area contributed by atoms with Gasteiger partial charge >= 0.3 is 5.97 Å². The topological polar surface area (TPSA) is 61.2 Å². The second-order valence-corrected chi connectivity index (χ2v) is 6.76. The minimum atomic E-state index is -0.613. The second-order valence-electron chi connectivity index (χ2n) is 6.40. The van der Waals surface area contributed by atoms with E-state index >= 15 is 0 Å². The van der Waals surface area contributed by atoms with E-state index in [2.05, 4.69) is 5.10 Å². The molecule has 136 valence electrons. The molecule has 2 aromatic rings. The molecule has 3 rings (SSSR count). The van der Waals surface area contributed by atoms with E-state index in [1.165, 1.54) is 6.08 Å². The van der Waals surface area contributed by atoms with Crippen molar-refractivity contribution >= 4 is 29.4 Å². The molecule has 1 aliphatic rings. The van der Waals surface area contributed by atoms with Gasteiger partial charge in [0, 0.05) is 18.1 Å². The number of rotatable bonds is 5. The van der Waals surface area contributed by atoms with Gasteiger partial charge in [0.1, 0.15) is 5.15 Å². The van der Waals surface area contributed by atoms with Crippen molar-refractivity contribution in [3.05, 3.63) is 58.4 Å². The van der Waals surface area contributed by atoms with Gasteiger partial charge in [-0.2, -0.15) is 5.10 Å². The number of Topliss-reactive ketones (excluding diaryl/α,β-unsaturated/α-hetero) is 1. The van der Waals surface area contributed by atoms with E-state index < -0.39 is 12.1 Å². The Kier molecular flexibility index (Phi) is 5.89. The number of carbonyl (C=O) groups is 2. The zero-order valence-electron chi connectivity index (χ0n) is 14.7. The van der Waals surface area contributed by atoms with Gasteiger partial charge in [0.05, 0.1) is 12.2 Å². The normalized spacial score (nSPS) is 17.6. The number of benzene rings is 1. The number of esters is 1. The van der Waals surface area contributed by atoms with Gasteiger partial charge in [-0.1, -0.05) is 41.9 Å². The van der Waals surface area contributed by atoms with Crippen molar-refractivity contribution in [1.29, 1.82) is 0 Å². The maximum atomic E-state index is 12.0. The third-order valence-corrected chi connectivity index (χ3v) is 4.83. The fourth-order valence-corrected chi connectivity index (χ4v) is 3.32. The van der Waals surface area contributed by atoms with Crippen LogP contribution in [0.2, 0.25) is 5.15 Å². The molecule has 0 N–H and O–H groups in total. The molecule has 0 radical (unpaired) electrons.